The molecule has 0 unspecified atom stereocenters. The van der Waals surface area contributed by atoms with Crippen molar-refractivity contribution < 1.29 is 0 Å². The summed E-state index contributed by atoms with van der Waals surface area (Å²) >= 11 is 6.52. The summed E-state index contributed by atoms with van der Waals surface area (Å²) in [6.07, 6.45) is 5.24. The fourth-order valence-corrected chi connectivity index (χ4v) is 3.60. The highest BCUT2D eigenvalue weighted by Crippen LogP contribution is 2.32. The Kier molecular flexibility index (Phi) is 4.75. The highest BCUT2D eigenvalue weighted by molar-refractivity contribution is 6.33. The monoisotopic (exact) mass is 306 g/mol. The number of nitrogens with zero attached hydrogens (tertiary/aromatic N) is 1. The summed E-state index contributed by atoms with van der Waals surface area (Å²) in [5, 5.41) is 4.46. The van der Waals surface area contributed by atoms with Crippen molar-refractivity contribution in [3.05, 3.63) is 28.8 Å². The highest BCUT2D eigenvalue weighted by atomic mass is 35.5. The summed E-state index contributed by atoms with van der Waals surface area (Å²) in [7, 11) is 0. The fraction of sp³-hybridized carbons (Fsp3) is 0.667. The number of piperidine rings is 1. The quantitative estimate of drug-likeness (QED) is 0.863. The SMILES string of the molecule is CC(C)C1CCN(c2ccc(CNC3CC3)cc2Cl)CC1. The first-order chi connectivity index (χ1) is 10.1. The van der Waals surface area contributed by atoms with E-state index in [0.717, 1.165) is 42.5 Å². The lowest BCUT2D eigenvalue weighted by atomic mass is 9.86. The third-order valence-corrected chi connectivity index (χ3v) is 5.31. The lowest BCUT2D eigenvalue weighted by molar-refractivity contribution is 0.311. The molecule has 0 aromatic heterocycles. The van der Waals surface area contributed by atoms with Crippen LogP contribution in [0.15, 0.2) is 18.2 Å². The molecule has 2 fully saturated rings. The van der Waals surface area contributed by atoms with E-state index in [-0.39, 0.29) is 0 Å². The van der Waals surface area contributed by atoms with Gasteiger partial charge in [-0.2, -0.15) is 0 Å². The van der Waals surface area contributed by atoms with Crippen molar-refractivity contribution in [1.29, 1.82) is 0 Å². The standard InChI is InChI=1S/C18H27ClN2/c1-13(2)15-7-9-21(10-8-15)18-6-3-14(11-17(18)19)12-20-16-4-5-16/h3,6,11,13,15-16,20H,4-5,7-10,12H2,1-2H3. The zero-order valence-electron chi connectivity index (χ0n) is 13.2. The Labute approximate surface area is 133 Å². The van der Waals surface area contributed by atoms with Crippen molar-refractivity contribution in [2.75, 3.05) is 18.0 Å². The summed E-state index contributed by atoms with van der Waals surface area (Å²) in [5.41, 5.74) is 2.52. The Morgan fingerprint density at radius 1 is 1.19 bits per heavy atom. The molecule has 2 nitrogen and oxygen atoms in total. The summed E-state index contributed by atoms with van der Waals surface area (Å²) < 4.78 is 0. The minimum atomic E-state index is 0.749. The molecule has 1 aliphatic heterocycles. The van der Waals surface area contributed by atoms with E-state index < -0.39 is 0 Å². The predicted molar refractivity (Wildman–Crippen MR) is 91.1 cm³/mol. The second-order valence-corrected chi connectivity index (χ2v) is 7.42. The van der Waals surface area contributed by atoms with Gasteiger partial charge in [-0.1, -0.05) is 31.5 Å². The van der Waals surface area contributed by atoms with E-state index in [9.17, 15) is 0 Å². The average molecular weight is 307 g/mol. The molecule has 1 N–H and O–H groups in total. The molecule has 3 rings (SSSR count). The summed E-state index contributed by atoms with van der Waals surface area (Å²) in [4.78, 5) is 2.46. The molecule has 1 aliphatic carbocycles. The van der Waals surface area contributed by atoms with Crippen LogP contribution >= 0.6 is 11.6 Å². The minimum Gasteiger partial charge on any atom is -0.370 e. The first-order valence-electron chi connectivity index (χ1n) is 8.40. The summed E-state index contributed by atoms with van der Waals surface area (Å²) in [5.74, 6) is 1.68. The van der Waals surface area contributed by atoms with Gasteiger partial charge >= 0.3 is 0 Å². The fourth-order valence-electron chi connectivity index (χ4n) is 3.27. The topological polar surface area (TPSA) is 15.3 Å². The molecule has 0 spiro atoms. The molecule has 1 saturated heterocycles. The van der Waals surface area contributed by atoms with Gasteiger partial charge in [0.1, 0.15) is 0 Å². The Balaban J connectivity index is 1.60. The van der Waals surface area contributed by atoms with E-state index in [4.69, 9.17) is 11.6 Å². The van der Waals surface area contributed by atoms with Crippen LogP contribution in [-0.2, 0) is 6.54 Å². The van der Waals surface area contributed by atoms with Crippen molar-refractivity contribution in [2.24, 2.45) is 11.8 Å². The van der Waals surface area contributed by atoms with Gasteiger partial charge in [0, 0.05) is 25.7 Å². The molecule has 0 bridgehead atoms. The maximum atomic E-state index is 6.52. The van der Waals surface area contributed by atoms with Crippen LogP contribution in [0.2, 0.25) is 5.02 Å². The van der Waals surface area contributed by atoms with Crippen LogP contribution < -0.4 is 10.2 Å². The Bertz CT molecular complexity index is 474. The second kappa shape index (κ2) is 6.58. The first kappa shape index (κ1) is 15.2. The molecule has 0 amide bonds. The van der Waals surface area contributed by atoms with Crippen LogP contribution in [0.1, 0.15) is 45.1 Å². The molecule has 1 aromatic carbocycles. The van der Waals surface area contributed by atoms with Crippen LogP contribution in [0.5, 0.6) is 0 Å². The zero-order chi connectivity index (χ0) is 14.8. The molecule has 3 heteroatoms. The number of hydrogen-bond donors (Lipinski definition) is 1. The van der Waals surface area contributed by atoms with Gasteiger partial charge < -0.3 is 10.2 Å². The van der Waals surface area contributed by atoms with E-state index in [1.165, 1.54) is 36.9 Å². The molecule has 1 saturated carbocycles. The van der Waals surface area contributed by atoms with E-state index in [2.05, 4.69) is 42.3 Å². The lowest BCUT2D eigenvalue weighted by Gasteiger charge is -2.35. The van der Waals surface area contributed by atoms with Gasteiger partial charge in [0.25, 0.3) is 0 Å². The van der Waals surface area contributed by atoms with E-state index in [1.54, 1.807) is 0 Å². The Hall–Kier alpha value is -0.730. The highest BCUT2D eigenvalue weighted by Gasteiger charge is 2.23. The molecular formula is C18H27ClN2. The smallest absolute Gasteiger partial charge is 0.0642 e. The average Bonchev–Trinajstić information content (AvgIpc) is 3.29. The third kappa shape index (κ3) is 3.92. The molecule has 0 radical (unpaired) electrons. The van der Waals surface area contributed by atoms with Crippen LogP contribution in [0, 0.1) is 11.8 Å². The maximum Gasteiger partial charge on any atom is 0.0642 e. The van der Waals surface area contributed by atoms with E-state index in [1.807, 2.05) is 0 Å². The second-order valence-electron chi connectivity index (χ2n) is 7.01. The van der Waals surface area contributed by atoms with Crippen molar-refractivity contribution in [3.63, 3.8) is 0 Å². The number of nitrogens with one attached hydrogen (secondary N) is 1. The number of rotatable bonds is 5. The number of halogens is 1. The van der Waals surface area contributed by atoms with Crippen LogP contribution in [-0.4, -0.2) is 19.1 Å². The molecule has 116 valence electrons. The lowest BCUT2D eigenvalue weighted by Crippen LogP contribution is -2.35. The Morgan fingerprint density at radius 3 is 2.48 bits per heavy atom. The van der Waals surface area contributed by atoms with Gasteiger partial charge in [-0.25, -0.2) is 0 Å². The van der Waals surface area contributed by atoms with Crippen molar-refractivity contribution in [2.45, 2.75) is 52.1 Å². The molecule has 1 heterocycles. The van der Waals surface area contributed by atoms with Crippen molar-refractivity contribution in [1.82, 2.24) is 5.32 Å². The minimum absolute atomic E-state index is 0.749. The maximum absolute atomic E-state index is 6.52. The zero-order valence-corrected chi connectivity index (χ0v) is 14.0. The van der Waals surface area contributed by atoms with Crippen LogP contribution in [0.25, 0.3) is 0 Å². The number of benzene rings is 1. The van der Waals surface area contributed by atoms with Gasteiger partial charge in [0.05, 0.1) is 10.7 Å². The molecule has 2 aliphatic rings. The van der Waals surface area contributed by atoms with Gasteiger partial charge in [0.15, 0.2) is 0 Å². The molecule has 1 aromatic rings. The van der Waals surface area contributed by atoms with E-state index >= 15 is 0 Å². The van der Waals surface area contributed by atoms with Gasteiger partial charge in [0.2, 0.25) is 0 Å². The van der Waals surface area contributed by atoms with Gasteiger partial charge in [-0.05, 0) is 55.2 Å². The number of hydrogen-bond acceptors (Lipinski definition) is 2. The summed E-state index contributed by atoms with van der Waals surface area (Å²) in [6.45, 7) is 7.91. The van der Waals surface area contributed by atoms with Crippen molar-refractivity contribution in [3.8, 4) is 0 Å². The van der Waals surface area contributed by atoms with Crippen LogP contribution in [0.4, 0.5) is 5.69 Å². The van der Waals surface area contributed by atoms with Gasteiger partial charge in [-0.3, -0.25) is 0 Å². The third-order valence-electron chi connectivity index (χ3n) is 5.01. The molecular weight excluding hydrogens is 280 g/mol. The predicted octanol–water partition coefficient (Wildman–Crippen LogP) is 4.46. The molecule has 21 heavy (non-hydrogen) atoms. The Morgan fingerprint density at radius 2 is 1.90 bits per heavy atom. The largest absolute Gasteiger partial charge is 0.370 e. The summed E-state index contributed by atoms with van der Waals surface area (Å²) in [6, 6.07) is 7.33. The number of anilines is 1. The van der Waals surface area contributed by atoms with Crippen LogP contribution in [0.3, 0.4) is 0 Å². The van der Waals surface area contributed by atoms with Gasteiger partial charge in [-0.15, -0.1) is 0 Å². The van der Waals surface area contributed by atoms with E-state index in [0.29, 0.717) is 0 Å². The normalized spacial score (nSPS) is 20.3. The molecule has 0 atom stereocenters. The first-order valence-corrected chi connectivity index (χ1v) is 8.78. The van der Waals surface area contributed by atoms with Crippen molar-refractivity contribution >= 4 is 17.3 Å².